The van der Waals surface area contributed by atoms with Crippen LogP contribution in [0.25, 0.3) is 0 Å². The molecule has 0 saturated heterocycles. The molecule has 0 amide bonds. The molecule has 78 valence electrons. The fourth-order valence-corrected chi connectivity index (χ4v) is 1.39. The molecule has 0 fully saturated rings. The lowest BCUT2D eigenvalue weighted by Gasteiger charge is -2.27. The maximum Gasteiger partial charge on any atom is 0.337 e. The SMILES string of the molecule is CC(c1c[nH]cc1C(=O)O)C(C)(C)C. The first-order valence-electron chi connectivity index (χ1n) is 4.74. The van der Waals surface area contributed by atoms with Crippen LogP contribution in [0.3, 0.4) is 0 Å². The van der Waals surface area contributed by atoms with Crippen LogP contribution in [0.4, 0.5) is 0 Å². The summed E-state index contributed by atoms with van der Waals surface area (Å²) in [5.41, 5.74) is 1.34. The van der Waals surface area contributed by atoms with Crippen molar-refractivity contribution in [3.8, 4) is 0 Å². The van der Waals surface area contributed by atoms with Gasteiger partial charge in [0.25, 0.3) is 0 Å². The average Bonchev–Trinajstić information content (AvgIpc) is 2.48. The number of H-pyrrole nitrogens is 1. The quantitative estimate of drug-likeness (QED) is 0.762. The molecule has 2 N–H and O–H groups in total. The standard InChI is InChI=1S/C11H17NO2/c1-7(11(2,3)4)8-5-12-6-9(8)10(13)14/h5-7,12H,1-4H3,(H,13,14). The highest BCUT2D eigenvalue weighted by atomic mass is 16.4. The summed E-state index contributed by atoms with van der Waals surface area (Å²) in [5, 5.41) is 8.95. The molecule has 1 unspecified atom stereocenters. The number of hydrogen-bond acceptors (Lipinski definition) is 1. The van der Waals surface area contributed by atoms with Crippen molar-refractivity contribution in [3.63, 3.8) is 0 Å². The highest BCUT2D eigenvalue weighted by molar-refractivity contribution is 5.89. The number of hydrogen-bond donors (Lipinski definition) is 2. The molecular weight excluding hydrogens is 178 g/mol. The van der Waals surface area contributed by atoms with Gasteiger partial charge in [-0.25, -0.2) is 4.79 Å². The Hall–Kier alpha value is -1.25. The molecule has 0 aliphatic rings. The predicted molar refractivity (Wildman–Crippen MR) is 55.6 cm³/mol. The first-order valence-corrected chi connectivity index (χ1v) is 4.74. The minimum absolute atomic E-state index is 0.0758. The van der Waals surface area contributed by atoms with Crippen molar-refractivity contribution in [1.82, 2.24) is 4.98 Å². The van der Waals surface area contributed by atoms with Crippen LogP contribution in [0, 0.1) is 5.41 Å². The molecule has 0 aliphatic carbocycles. The minimum Gasteiger partial charge on any atom is -0.478 e. The third-order valence-electron chi connectivity index (χ3n) is 2.77. The van der Waals surface area contributed by atoms with E-state index in [1.54, 1.807) is 12.4 Å². The smallest absolute Gasteiger partial charge is 0.337 e. The molecule has 0 aromatic carbocycles. The predicted octanol–water partition coefficient (Wildman–Crippen LogP) is 2.86. The van der Waals surface area contributed by atoms with E-state index >= 15 is 0 Å². The van der Waals surface area contributed by atoms with Crippen LogP contribution in [0.15, 0.2) is 12.4 Å². The number of aromatic amines is 1. The van der Waals surface area contributed by atoms with Gasteiger partial charge >= 0.3 is 5.97 Å². The maximum absolute atomic E-state index is 10.9. The van der Waals surface area contributed by atoms with Gasteiger partial charge in [-0.05, 0) is 16.9 Å². The van der Waals surface area contributed by atoms with E-state index in [4.69, 9.17) is 5.11 Å². The topological polar surface area (TPSA) is 53.1 Å². The number of nitrogens with one attached hydrogen (secondary N) is 1. The van der Waals surface area contributed by atoms with Crippen LogP contribution < -0.4 is 0 Å². The van der Waals surface area contributed by atoms with Gasteiger partial charge in [0, 0.05) is 12.4 Å². The van der Waals surface area contributed by atoms with Gasteiger partial charge in [-0.2, -0.15) is 0 Å². The van der Waals surface area contributed by atoms with Crippen LogP contribution in [-0.2, 0) is 0 Å². The van der Waals surface area contributed by atoms with Gasteiger partial charge in [0.15, 0.2) is 0 Å². The third-order valence-corrected chi connectivity index (χ3v) is 2.77. The molecule has 1 rings (SSSR count). The van der Waals surface area contributed by atoms with Gasteiger partial charge in [-0.1, -0.05) is 27.7 Å². The van der Waals surface area contributed by atoms with E-state index in [1.807, 2.05) is 0 Å². The molecule has 0 bridgehead atoms. The zero-order valence-electron chi connectivity index (χ0n) is 9.09. The van der Waals surface area contributed by atoms with Crippen LogP contribution >= 0.6 is 0 Å². The Bertz CT molecular complexity index is 333. The Kier molecular flexibility index (Phi) is 2.69. The zero-order chi connectivity index (χ0) is 10.9. The fraction of sp³-hybridized carbons (Fsp3) is 0.545. The molecule has 3 nitrogen and oxygen atoms in total. The Morgan fingerprint density at radius 2 is 2.00 bits per heavy atom. The largest absolute Gasteiger partial charge is 0.478 e. The average molecular weight is 195 g/mol. The van der Waals surface area contributed by atoms with Gasteiger partial charge in [0.05, 0.1) is 5.56 Å². The summed E-state index contributed by atoms with van der Waals surface area (Å²) in [6.45, 7) is 8.37. The fourth-order valence-electron chi connectivity index (χ4n) is 1.39. The van der Waals surface area contributed by atoms with Crippen molar-refractivity contribution < 1.29 is 9.90 Å². The molecular formula is C11H17NO2. The summed E-state index contributed by atoms with van der Waals surface area (Å²) < 4.78 is 0. The third kappa shape index (κ3) is 1.97. The number of carboxylic acid groups (broad SMARTS) is 1. The first kappa shape index (κ1) is 10.8. The lowest BCUT2D eigenvalue weighted by atomic mass is 9.77. The second kappa shape index (κ2) is 3.48. The highest BCUT2D eigenvalue weighted by Crippen LogP contribution is 2.35. The highest BCUT2D eigenvalue weighted by Gasteiger charge is 2.26. The Morgan fingerprint density at radius 3 is 2.43 bits per heavy atom. The number of aromatic carboxylic acids is 1. The van der Waals surface area contributed by atoms with Crippen LogP contribution in [0.2, 0.25) is 0 Å². The van der Waals surface area contributed by atoms with Gasteiger partial charge < -0.3 is 10.1 Å². The number of rotatable bonds is 2. The van der Waals surface area contributed by atoms with E-state index in [2.05, 4.69) is 32.7 Å². The van der Waals surface area contributed by atoms with Gasteiger partial charge in [0.2, 0.25) is 0 Å². The first-order chi connectivity index (χ1) is 6.34. The normalized spacial score (nSPS) is 14.0. The second-order valence-corrected chi connectivity index (χ2v) is 4.72. The van der Waals surface area contributed by atoms with Crippen LogP contribution in [0.5, 0.6) is 0 Å². The van der Waals surface area contributed by atoms with E-state index in [0.29, 0.717) is 5.56 Å². The van der Waals surface area contributed by atoms with Crippen molar-refractivity contribution in [2.75, 3.05) is 0 Å². The van der Waals surface area contributed by atoms with E-state index in [9.17, 15) is 4.79 Å². The molecule has 14 heavy (non-hydrogen) atoms. The van der Waals surface area contributed by atoms with E-state index in [1.165, 1.54) is 0 Å². The second-order valence-electron chi connectivity index (χ2n) is 4.72. The summed E-state index contributed by atoms with van der Waals surface area (Å²) in [6, 6.07) is 0. The lowest BCUT2D eigenvalue weighted by molar-refractivity contribution is 0.0695. The summed E-state index contributed by atoms with van der Waals surface area (Å²) in [6.07, 6.45) is 3.32. The molecule has 1 heterocycles. The van der Waals surface area contributed by atoms with Crippen molar-refractivity contribution >= 4 is 5.97 Å². The van der Waals surface area contributed by atoms with Gasteiger partial charge in [0.1, 0.15) is 0 Å². The molecule has 0 radical (unpaired) electrons. The van der Waals surface area contributed by atoms with E-state index in [-0.39, 0.29) is 11.3 Å². The van der Waals surface area contributed by atoms with Crippen molar-refractivity contribution in [2.45, 2.75) is 33.6 Å². The van der Waals surface area contributed by atoms with Gasteiger partial charge in [-0.3, -0.25) is 0 Å². The van der Waals surface area contributed by atoms with Crippen molar-refractivity contribution in [1.29, 1.82) is 0 Å². The molecule has 1 aromatic heterocycles. The summed E-state index contributed by atoms with van der Waals surface area (Å²) >= 11 is 0. The molecule has 1 aromatic rings. The monoisotopic (exact) mass is 195 g/mol. The number of carbonyl (C=O) groups is 1. The molecule has 3 heteroatoms. The van der Waals surface area contributed by atoms with Crippen LogP contribution in [-0.4, -0.2) is 16.1 Å². The Morgan fingerprint density at radius 1 is 1.43 bits per heavy atom. The van der Waals surface area contributed by atoms with Crippen molar-refractivity contribution in [3.05, 3.63) is 23.5 Å². The van der Waals surface area contributed by atoms with E-state index in [0.717, 1.165) is 5.56 Å². The number of aromatic nitrogens is 1. The molecule has 0 spiro atoms. The van der Waals surface area contributed by atoms with Crippen molar-refractivity contribution in [2.24, 2.45) is 5.41 Å². The van der Waals surface area contributed by atoms with Crippen LogP contribution in [0.1, 0.15) is 49.5 Å². The molecule has 0 aliphatic heterocycles. The van der Waals surface area contributed by atoms with E-state index < -0.39 is 5.97 Å². The molecule has 0 saturated carbocycles. The molecule has 1 atom stereocenters. The summed E-state index contributed by atoms with van der Waals surface area (Å²) in [5.74, 6) is -0.641. The lowest BCUT2D eigenvalue weighted by Crippen LogP contribution is -2.17. The maximum atomic E-state index is 10.9. The zero-order valence-corrected chi connectivity index (χ0v) is 9.09. The Labute approximate surface area is 84.2 Å². The Balaban J connectivity index is 3.07. The minimum atomic E-state index is -0.864. The summed E-state index contributed by atoms with van der Waals surface area (Å²) in [7, 11) is 0. The summed E-state index contributed by atoms with van der Waals surface area (Å²) in [4.78, 5) is 13.7. The van der Waals surface area contributed by atoms with Gasteiger partial charge in [-0.15, -0.1) is 0 Å². The number of carboxylic acids is 1.